The van der Waals surface area contributed by atoms with Crippen LogP contribution in [0.5, 0.6) is 0 Å². The first-order chi connectivity index (χ1) is 17.4. The summed E-state index contributed by atoms with van der Waals surface area (Å²) in [5.41, 5.74) is 16.1. The summed E-state index contributed by atoms with van der Waals surface area (Å²) in [6.45, 7) is 0. The molecule has 0 aliphatic heterocycles. The number of benzene rings is 3. The average Bonchev–Trinajstić information content (AvgIpc) is 3.59. The zero-order chi connectivity index (χ0) is 22.7. The van der Waals surface area contributed by atoms with Gasteiger partial charge in [0.25, 0.3) is 0 Å². The maximum Gasteiger partial charge on any atom is 0.178 e. The molecule has 4 heterocycles. The van der Waals surface area contributed by atoms with Crippen LogP contribution in [0.15, 0.2) is 85.2 Å². The highest BCUT2D eigenvalue weighted by molar-refractivity contribution is 6.16. The van der Waals surface area contributed by atoms with E-state index < -0.39 is 0 Å². The van der Waals surface area contributed by atoms with Crippen LogP contribution in [0, 0.1) is 0 Å². The predicted octanol–water partition coefficient (Wildman–Crippen LogP) is 6.73. The Morgan fingerprint density at radius 1 is 0.629 bits per heavy atom. The largest absolute Gasteiger partial charge is 0.288 e. The summed E-state index contributed by atoms with van der Waals surface area (Å²) in [6.07, 6.45) is 5.64. The molecule has 4 aromatic heterocycles. The predicted molar refractivity (Wildman–Crippen MR) is 140 cm³/mol. The topological polar surface area (TPSA) is 43.1 Å². The van der Waals surface area contributed by atoms with Crippen LogP contribution in [0.2, 0.25) is 0 Å². The first-order valence-corrected chi connectivity index (χ1v) is 12.1. The molecule has 0 N–H and O–H groups in total. The van der Waals surface area contributed by atoms with E-state index in [1.807, 2.05) is 24.5 Å². The van der Waals surface area contributed by atoms with Crippen molar-refractivity contribution in [1.29, 1.82) is 0 Å². The summed E-state index contributed by atoms with van der Waals surface area (Å²) >= 11 is 0. The molecule has 2 aliphatic rings. The molecule has 2 aliphatic carbocycles. The molecule has 4 nitrogen and oxygen atoms in total. The first kappa shape index (κ1) is 17.8. The Kier molecular flexibility index (Phi) is 3.11. The van der Waals surface area contributed by atoms with Gasteiger partial charge in [-0.2, -0.15) is 0 Å². The van der Waals surface area contributed by atoms with Crippen molar-refractivity contribution >= 4 is 38.6 Å². The molecule has 3 aromatic carbocycles. The normalized spacial score (nSPS) is 13.5. The van der Waals surface area contributed by atoms with E-state index in [0.29, 0.717) is 0 Å². The number of hydrogen-bond donors (Lipinski definition) is 0. The third kappa shape index (κ3) is 2.11. The van der Waals surface area contributed by atoms with Crippen molar-refractivity contribution in [3.05, 3.63) is 107 Å². The van der Waals surface area contributed by atoms with Crippen molar-refractivity contribution in [2.45, 2.75) is 12.8 Å². The van der Waals surface area contributed by atoms with E-state index >= 15 is 0 Å². The van der Waals surface area contributed by atoms with Crippen LogP contribution in [0.1, 0.15) is 22.3 Å². The fraction of sp³-hybridized carbons (Fsp3) is 0.0645. The van der Waals surface area contributed by atoms with Gasteiger partial charge >= 0.3 is 0 Å². The second-order valence-corrected chi connectivity index (χ2v) is 9.64. The maximum atomic E-state index is 4.98. The van der Waals surface area contributed by atoms with Crippen LogP contribution in [0.4, 0.5) is 0 Å². The number of rotatable bonds is 0. The van der Waals surface area contributed by atoms with Crippen molar-refractivity contribution in [2.24, 2.45) is 0 Å². The van der Waals surface area contributed by atoms with Gasteiger partial charge in [-0.3, -0.25) is 9.38 Å². The van der Waals surface area contributed by atoms with E-state index in [1.165, 1.54) is 49.9 Å². The highest BCUT2D eigenvalue weighted by atomic mass is 15.1. The second kappa shape index (κ2) is 6.10. The number of nitrogens with zero attached hydrogens (tertiary/aromatic N) is 4. The molecule has 0 unspecified atom stereocenters. The van der Waals surface area contributed by atoms with E-state index in [4.69, 9.17) is 9.97 Å². The van der Waals surface area contributed by atoms with Crippen LogP contribution in [-0.2, 0) is 12.8 Å². The van der Waals surface area contributed by atoms with Crippen molar-refractivity contribution in [1.82, 2.24) is 19.4 Å². The van der Waals surface area contributed by atoms with Gasteiger partial charge in [0.15, 0.2) is 5.65 Å². The van der Waals surface area contributed by atoms with Gasteiger partial charge in [0, 0.05) is 23.2 Å². The molecule has 162 valence electrons. The molecular weight excluding hydrogens is 428 g/mol. The third-order valence-electron chi connectivity index (χ3n) is 7.96. The minimum Gasteiger partial charge on any atom is -0.288 e. The van der Waals surface area contributed by atoms with Crippen LogP contribution in [0.25, 0.3) is 60.9 Å². The fourth-order valence-corrected chi connectivity index (χ4v) is 6.56. The average molecular weight is 447 g/mol. The van der Waals surface area contributed by atoms with Crippen LogP contribution < -0.4 is 0 Å². The summed E-state index contributed by atoms with van der Waals surface area (Å²) in [5.74, 6) is 0. The van der Waals surface area contributed by atoms with Gasteiger partial charge in [0.05, 0.1) is 16.6 Å². The van der Waals surface area contributed by atoms with Crippen LogP contribution in [0.3, 0.4) is 0 Å². The number of imidazole rings is 1. The lowest BCUT2D eigenvalue weighted by molar-refractivity contribution is 1.24. The van der Waals surface area contributed by atoms with E-state index in [0.717, 1.165) is 46.1 Å². The molecule has 0 amide bonds. The van der Waals surface area contributed by atoms with Gasteiger partial charge in [-0.1, -0.05) is 42.5 Å². The highest BCUT2D eigenvalue weighted by Crippen LogP contribution is 2.50. The Morgan fingerprint density at radius 3 is 2.43 bits per heavy atom. The molecule has 0 radical (unpaired) electrons. The minimum absolute atomic E-state index is 0.768. The molecule has 0 saturated carbocycles. The number of aromatic nitrogens is 4. The van der Waals surface area contributed by atoms with Crippen LogP contribution in [-0.4, -0.2) is 19.4 Å². The first-order valence-electron chi connectivity index (χ1n) is 12.1. The zero-order valence-corrected chi connectivity index (χ0v) is 18.8. The number of fused-ring (bicyclic) bond motifs is 16. The Hall–Kier alpha value is -4.57. The highest BCUT2D eigenvalue weighted by Gasteiger charge is 2.30. The third-order valence-corrected chi connectivity index (χ3v) is 7.96. The zero-order valence-electron chi connectivity index (χ0n) is 18.8. The standard InChI is InChI=1S/C31H18N4/c1-2-6-19-17(5-1)15-23-20(19)10-9-18-16-24-21(27(18)23)11-12-22-28(24)29-25(7-3-13-32-29)35-26-8-4-14-33-30(26)34-31(22)35/h1-14H,15-16H2. The Labute approximate surface area is 200 Å². The van der Waals surface area contributed by atoms with Gasteiger partial charge in [-0.05, 0) is 87.7 Å². The fourth-order valence-electron chi connectivity index (χ4n) is 6.56. The lowest BCUT2D eigenvalue weighted by Gasteiger charge is -2.12. The smallest absolute Gasteiger partial charge is 0.178 e. The van der Waals surface area contributed by atoms with Gasteiger partial charge < -0.3 is 0 Å². The van der Waals surface area contributed by atoms with E-state index in [9.17, 15) is 0 Å². The molecular formula is C31H18N4. The van der Waals surface area contributed by atoms with Crippen molar-refractivity contribution in [3.63, 3.8) is 0 Å². The van der Waals surface area contributed by atoms with E-state index in [-0.39, 0.29) is 0 Å². The van der Waals surface area contributed by atoms with E-state index in [2.05, 4.69) is 70.0 Å². The number of hydrogen-bond acceptors (Lipinski definition) is 3. The summed E-state index contributed by atoms with van der Waals surface area (Å²) in [7, 11) is 0. The van der Waals surface area contributed by atoms with Gasteiger partial charge in [0.2, 0.25) is 0 Å². The molecule has 0 bridgehead atoms. The Balaban J connectivity index is 1.42. The van der Waals surface area contributed by atoms with Gasteiger partial charge in [-0.25, -0.2) is 9.97 Å². The van der Waals surface area contributed by atoms with Crippen molar-refractivity contribution < 1.29 is 0 Å². The van der Waals surface area contributed by atoms with Crippen molar-refractivity contribution in [2.75, 3.05) is 0 Å². The maximum absolute atomic E-state index is 4.98. The monoisotopic (exact) mass is 446 g/mol. The molecule has 9 rings (SSSR count). The van der Waals surface area contributed by atoms with E-state index in [1.54, 1.807) is 0 Å². The summed E-state index contributed by atoms with van der Waals surface area (Å²) in [4.78, 5) is 14.4. The lowest BCUT2D eigenvalue weighted by Crippen LogP contribution is -1.96. The molecule has 0 saturated heterocycles. The molecule has 4 heteroatoms. The Bertz CT molecular complexity index is 2070. The van der Waals surface area contributed by atoms with Crippen LogP contribution >= 0.6 is 0 Å². The van der Waals surface area contributed by atoms with Crippen molar-refractivity contribution in [3.8, 4) is 22.3 Å². The molecule has 35 heavy (non-hydrogen) atoms. The quantitative estimate of drug-likeness (QED) is 0.243. The Morgan fingerprint density at radius 2 is 1.46 bits per heavy atom. The summed E-state index contributed by atoms with van der Waals surface area (Å²) in [6, 6.07) is 26.3. The minimum atomic E-state index is 0.768. The lowest BCUT2D eigenvalue weighted by atomic mass is 9.94. The molecule has 0 fully saturated rings. The van der Waals surface area contributed by atoms with Gasteiger partial charge in [0.1, 0.15) is 5.65 Å². The molecule has 0 atom stereocenters. The van der Waals surface area contributed by atoms with Gasteiger partial charge in [-0.15, -0.1) is 0 Å². The summed E-state index contributed by atoms with van der Waals surface area (Å²) in [5, 5.41) is 2.36. The number of pyridine rings is 3. The molecule has 7 aromatic rings. The summed E-state index contributed by atoms with van der Waals surface area (Å²) < 4.78 is 2.22. The molecule has 0 spiro atoms. The SMILES string of the molecule is c1ccc2c(c1)Cc1c-2ccc2c1-c1ccc3c(c1C2)c1ncccc1n1c2cccnc2nc31. The second-order valence-electron chi connectivity index (χ2n) is 9.64.